The molecule has 3 nitrogen and oxygen atoms in total. The number of aryl methyl sites for hydroxylation is 1. The number of phenols is 1. The van der Waals surface area contributed by atoms with Gasteiger partial charge in [-0.15, -0.1) is 0 Å². The number of alkyl halides is 3. The van der Waals surface area contributed by atoms with Gasteiger partial charge in [0.2, 0.25) is 0 Å². The number of aromatic hydroxyl groups is 1. The zero-order chi connectivity index (χ0) is 14.8. The second-order valence-electron chi connectivity index (χ2n) is 4.37. The Morgan fingerprint density at radius 3 is 2.55 bits per heavy atom. The van der Waals surface area contributed by atoms with E-state index in [2.05, 4.69) is 10.3 Å². The van der Waals surface area contributed by atoms with Gasteiger partial charge < -0.3 is 10.4 Å². The number of para-hydroxylation sites is 1. The number of phenolic OH excluding ortho intramolecular Hbond substituents is 1. The number of nitrogens with zero attached hydrogens (tertiary/aromatic N) is 1. The Balaban J connectivity index is 2.06. The first-order chi connectivity index (χ1) is 9.38. The van der Waals surface area contributed by atoms with Crippen LogP contribution in [0.25, 0.3) is 0 Å². The van der Waals surface area contributed by atoms with Crippen molar-refractivity contribution in [3.8, 4) is 5.75 Å². The number of halogens is 3. The fourth-order valence-corrected chi connectivity index (χ4v) is 1.73. The van der Waals surface area contributed by atoms with Gasteiger partial charge in [-0.3, -0.25) is 0 Å². The van der Waals surface area contributed by atoms with Crippen molar-refractivity contribution < 1.29 is 18.3 Å². The van der Waals surface area contributed by atoms with Crippen molar-refractivity contribution in [3.05, 3.63) is 53.3 Å². The van der Waals surface area contributed by atoms with Crippen LogP contribution in [0.3, 0.4) is 0 Å². The topological polar surface area (TPSA) is 45.2 Å². The molecular formula is C14H13F3N2O. The Hall–Kier alpha value is -2.24. The van der Waals surface area contributed by atoms with Gasteiger partial charge in [0.05, 0.1) is 11.9 Å². The minimum absolute atomic E-state index is 0.180. The maximum absolute atomic E-state index is 12.4. The van der Waals surface area contributed by atoms with Gasteiger partial charge in [-0.25, -0.2) is 4.98 Å². The quantitative estimate of drug-likeness (QED) is 0.901. The molecule has 0 unspecified atom stereocenters. The summed E-state index contributed by atoms with van der Waals surface area (Å²) in [5.41, 5.74) is 0.945. The van der Waals surface area contributed by atoms with Crippen LogP contribution in [0.1, 0.15) is 16.8 Å². The number of nitrogens with one attached hydrogen (secondary N) is 1. The van der Waals surface area contributed by atoms with Gasteiger partial charge in [0.1, 0.15) is 11.4 Å². The first-order valence-electron chi connectivity index (χ1n) is 5.92. The molecule has 0 atom stereocenters. The fraction of sp³-hybridized carbons (Fsp3) is 0.214. The predicted octanol–water partition coefficient (Wildman–Crippen LogP) is 3.73. The first-order valence-corrected chi connectivity index (χ1v) is 5.92. The summed E-state index contributed by atoms with van der Waals surface area (Å²) in [5, 5.41) is 12.7. The third-order valence-electron chi connectivity index (χ3n) is 2.86. The zero-order valence-electron chi connectivity index (χ0n) is 10.7. The molecular weight excluding hydrogens is 269 g/mol. The minimum Gasteiger partial charge on any atom is -0.507 e. The molecule has 6 heteroatoms. The summed E-state index contributed by atoms with van der Waals surface area (Å²) in [6.07, 6.45) is -3.32. The maximum atomic E-state index is 12.4. The molecule has 0 aliphatic carbocycles. The molecule has 0 fully saturated rings. The summed E-state index contributed by atoms with van der Waals surface area (Å²) in [6, 6.07) is 7.55. The van der Waals surface area contributed by atoms with Crippen LogP contribution in [-0.4, -0.2) is 10.1 Å². The summed E-state index contributed by atoms with van der Waals surface area (Å²) in [4.78, 5) is 3.35. The second-order valence-corrected chi connectivity index (χ2v) is 4.37. The van der Waals surface area contributed by atoms with E-state index in [-0.39, 0.29) is 5.75 Å². The Labute approximate surface area is 114 Å². The van der Waals surface area contributed by atoms with E-state index in [1.54, 1.807) is 25.1 Å². The van der Waals surface area contributed by atoms with Crippen LogP contribution in [0.2, 0.25) is 0 Å². The molecule has 1 heterocycles. The van der Waals surface area contributed by atoms with Crippen LogP contribution in [0.5, 0.6) is 5.75 Å². The molecule has 1 aromatic heterocycles. The van der Waals surface area contributed by atoms with Crippen LogP contribution < -0.4 is 5.32 Å². The molecule has 106 valence electrons. The standard InChI is InChI=1S/C14H13F3N2O/c1-9-3-2-4-10(13(9)20)7-18-11-5-6-12(19-8-11)14(15,16)17/h2-6,8,18,20H,7H2,1H3. The van der Waals surface area contributed by atoms with E-state index in [9.17, 15) is 18.3 Å². The van der Waals surface area contributed by atoms with Gasteiger partial charge in [-0.1, -0.05) is 18.2 Å². The Bertz CT molecular complexity index is 594. The van der Waals surface area contributed by atoms with E-state index in [0.717, 1.165) is 17.8 Å². The molecule has 20 heavy (non-hydrogen) atoms. The molecule has 0 amide bonds. The van der Waals surface area contributed by atoms with Crippen molar-refractivity contribution in [1.82, 2.24) is 4.98 Å². The van der Waals surface area contributed by atoms with E-state index in [1.165, 1.54) is 6.07 Å². The average Bonchev–Trinajstić information content (AvgIpc) is 2.40. The van der Waals surface area contributed by atoms with Gasteiger partial charge in [0.25, 0.3) is 0 Å². The maximum Gasteiger partial charge on any atom is 0.433 e. The third kappa shape index (κ3) is 3.20. The smallest absolute Gasteiger partial charge is 0.433 e. The largest absolute Gasteiger partial charge is 0.507 e. The van der Waals surface area contributed by atoms with Crippen LogP contribution in [-0.2, 0) is 12.7 Å². The lowest BCUT2D eigenvalue weighted by molar-refractivity contribution is -0.141. The lowest BCUT2D eigenvalue weighted by atomic mass is 10.1. The normalized spacial score (nSPS) is 11.4. The molecule has 0 aliphatic rings. The molecule has 1 aromatic carbocycles. The van der Waals surface area contributed by atoms with E-state index in [0.29, 0.717) is 17.8 Å². The van der Waals surface area contributed by atoms with E-state index < -0.39 is 11.9 Å². The number of rotatable bonds is 3. The summed E-state index contributed by atoms with van der Waals surface area (Å²) >= 11 is 0. The average molecular weight is 282 g/mol. The summed E-state index contributed by atoms with van der Waals surface area (Å²) in [6.45, 7) is 2.08. The highest BCUT2D eigenvalue weighted by Gasteiger charge is 2.31. The highest BCUT2D eigenvalue weighted by Crippen LogP contribution is 2.28. The minimum atomic E-state index is -4.44. The van der Waals surface area contributed by atoms with Crippen molar-refractivity contribution in [1.29, 1.82) is 0 Å². The molecule has 2 rings (SSSR count). The molecule has 0 saturated heterocycles. The van der Waals surface area contributed by atoms with Crippen LogP contribution in [0.4, 0.5) is 18.9 Å². The lowest BCUT2D eigenvalue weighted by Crippen LogP contribution is -2.08. The molecule has 0 radical (unpaired) electrons. The van der Waals surface area contributed by atoms with E-state index in [1.807, 2.05) is 0 Å². The van der Waals surface area contributed by atoms with Crippen LogP contribution in [0, 0.1) is 6.92 Å². The monoisotopic (exact) mass is 282 g/mol. The number of anilines is 1. The lowest BCUT2D eigenvalue weighted by Gasteiger charge is -2.10. The van der Waals surface area contributed by atoms with Crippen molar-refractivity contribution in [3.63, 3.8) is 0 Å². The van der Waals surface area contributed by atoms with Crippen LogP contribution >= 0.6 is 0 Å². The molecule has 0 aliphatic heterocycles. The van der Waals surface area contributed by atoms with Gasteiger partial charge >= 0.3 is 6.18 Å². The highest BCUT2D eigenvalue weighted by molar-refractivity contribution is 5.45. The van der Waals surface area contributed by atoms with E-state index in [4.69, 9.17) is 0 Å². The number of hydrogen-bond acceptors (Lipinski definition) is 3. The Morgan fingerprint density at radius 2 is 1.95 bits per heavy atom. The summed E-state index contributed by atoms with van der Waals surface area (Å²) in [5.74, 6) is 0.180. The van der Waals surface area contributed by atoms with Gasteiger partial charge in [0.15, 0.2) is 0 Å². The number of hydrogen-bond donors (Lipinski definition) is 2. The van der Waals surface area contributed by atoms with Crippen LogP contribution in [0.15, 0.2) is 36.5 Å². The molecule has 0 bridgehead atoms. The number of pyridine rings is 1. The molecule has 0 saturated carbocycles. The fourth-order valence-electron chi connectivity index (χ4n) is 1.73. The molecule has 2 aromatic rings. The SMILES string of the molecule is Cc1cccc(CNc2ccc(C(F)(F)F)nc2)c1O. The number of aromatic nitrogens is 1. The Morgan fingerprint density at radius 1 is 1.20 bits per heavy atom. The highest BCUT2D eigenvalue weighted by atomic mass is 19.4. The Kier molecular flexibility index (Phi) is 3.83. The second kappa shape index (κ2) is 5.40. The van der Waals surface area contributed by atoms with Crippen molar-refractivity contribution >= 4 is 5.69 Å². The van der Waals surface area contributed by atoms with E-state index >= 15 is 0 Å². The first kappa shape index (κ1) is 14.2. The number of benzene rings is 1. The summed E-state index contributed by atoms with van der Waals surface area (Å²) in [7, 11) is 0. The van der Waals surface area contributed by atoms with Gasteiger partial charge in [-0.2, -0.15) is 13.2 Å². The van der Waals surface area contributed by atoms with Crippen molar-refractivity contribution in [2.45, 2.75) is 19.6 Å². The zero-order valence-corrected chi connectivity index (χ0v) is 10.7. The van der Waals surface area contributed by atoms with Gasteiger partial charge in [0, 0.05) is 12.1 Å². The molecule has 0 spiro atoms. The van der Waals surface area contributed by atoms with Crippen molar-refractivity contribution in [2.75, 3.05) is 5.32 Å². The predicted molar refractivity (Wildman–Crippen MR) is 69.4 cm³/mol. The summed E-state index contributed by atoms with van der Waals surface area (Å²) < 4.78 is 37.1. The third-order valence-corrected chi connectivity index (χ3v) is 2.86. The van der Waals surface area contributed by atoms with Crippen molar-refractivity contribution in [2.24, 2.45) is 0 Å². The van der Waals surface area contributed by atoms with Gasteiger partial charge in [-0.05, 0) is 24.6 Å². The molecule has 2 N–H and O–H groups in total.